The number of hydrogen-bond donors (Lipinski definition) is 2. The van der Waals surface area contributed by atoms with E-state index in [1.165, 1.54) is 11.3 Å². The monoisotopic (exact) mass is 263 g/mol. The molecular formula is C12H13N3O2S. The molecule has 2 aromatic heterocycles. The zero-order valence-electron chi connectivity index (χ0n) is 9.88. The first-order valence-electron chi connectivity index (χ1n) is 5.81. The van der Waals surface area contributed by atoms with E-state index in [1.807, 2.05) is 11.4 Å². The SMILES string of the molecule is CC(Nc1ncc2ccsc2n1)(C(=O)O)C1CC1. The molecule has 0 saturated heterocycles. The highest BCUT2D eigenvalue weighted by Crippen LogP contribution is 2.41. The Morgan fingerprint density at radius 1 is 1.61 bits per heavy atom. The van der Waals surface area contributed by atoms with Crippen molar-refractivity contribution in [3.8, 4) is 0 Å². The summed E-state index contributed by atoms with van der Waals surface area (Å²) in [6, 6.07) is 1.95. The largest absolute Gasteiger partial charge is 0.480 e. The molecule has 0 aromatic carbocycles. The van der Waals surface area contributed by atoms with Gasteiger partial charge in [0, 0.05) is 11.6 Å². The van der Waals surface area contributed by atoms with Crippen molar-refractivity contribution >= 4 is 33.5 Å². The van der Waals surface area contributed by atoms with Gasteiger partial charge >= 0.3 is 5.97 Å². The molecule has 0 amide bonds. The maximum absolute atomic E-state index is 11.4. The van der Waals surface area contributed by atoms with Gasteiger partial charge in [-0.1, -0.05) is 0 Å². The van der Waals surface area contributed by atoms with Crippen LogP contribution >= 0.6 is 11.3 Å². The van der Waals surface area contributed by atoms with Gasteiger partial charge in [0.1, 0.15) is 10.4 Å². The van der Waals surface area contributed by atoms with Gasteiger partial charge in [0.05, 0.1) is 0 Å². The number of carbonyl (C=O) groups is 1. The van der Waals surface area contributed by atoms with Crippen LogP contribution in [-0.4, -0.2) is 26.6 Å². The fourth-order valence-electron chi connectivity index (χ4n) is 2.04. The minimum Gasteiger partial charge on any atom is -0.480 e. The number of rotatable bonds is 4. The third-order valence-corrected chi connectivity index (χ3v) is 4.24. The summed E-state index contributed by atoms with van der Waals surface area (Å²) in [4.78, 5) is 20.8. The number of anilines is 1. The van der Waals surface area contributed by atoms with Crippen molar-refractivity contribution in [2.45, 2.75) is 25.3 Å². The van der Waals surface area contributed by atoms with Crippen molar-refractivity contribution in [1.82, 2.24) is 9.97 Å². The summed E-state index contributed by atoms with van der Waals surface area (Å²) in [5, 5.41) is 15.3. The summed E-state index contributed by atoms with van der Waals surface area (Å²) < 4.78 is 0. The van der Waals surface area contributed by atoms with Crippen LogP contribution in [0.1, 0.15) is 19.8 Å². The van der Waals surface area contributed by atoms with Crippen LogP contribution in [0.2, 0.25) is 0 Å². The van der Waals surface area contributed by atoms with Crippen LogP contribution in [0.4, 0.5) is 5.95 Å². The number of fused-ring (bicyclic) bond motifs is 1. The minimum absolute atomic E-state index is 0.164. The molecule has 1 saturated carbocycles. The molecule has 1 unspecified atom stereocenters. The first-order chi connectivity index (χ1) is 8.59. The van der Waals surface area contributed by atoms with E-state index in [1.54, 1.807) is 13.1 Å². The zero-order chi connectivity index (χ0) is 12.8. The van der Waals surface area contributed by atoms with Crippen molar-refractivity contribution in [2.75, 3.05) is 5.32 Å². The van der Waals surface area contributed by atoms with E-state index < -0.39 is 11.5 Å². The molecule has 2 N–H and O–H groups in total. The first kappa shape index (κ1) is 11.4. The van der Waals surface area contributed by atoms with Gasteiger partial charge in [-0.25, -0.2) is 14.8 Å². The number of nitrogens with zero attached hydrogens (tertiary/aromatic N) is 2. The van der Waals surface area contributed by atoms with E-state index in [0.717, 1.165) is 23.1 Å². The smallest absolute Gasteiger partial charge is 0.329 e. The second kappa shape index (κ2) is 3.91. The molecule has 0 spiro atoms. The standard InChI is InChI=1S/C12H13N3O2S/c1-12(10(16)17,8-2-3-8)15-11-13-6-7-4-5-18-9(7)14-11/h4-6,8H,2-3H2,1H3,(H,16,17)(H,13,14,15). The van der Waals surface area contributed by atoms with Gasteiger partial charge in [-0.15, -0.1) is 11.3 Å². The average Bonchev–Trinajstić information content (AvgIpc) is 3.09. The predicted molar refractivity (Wildman–Crippen MR) is 69.8 cm³/mol. The third kappa shape index (κ3) is 1.82. The van der Waals surface area contributed by atoms with Crippen LogP contribution < -0.4 is 5.32 Å². The normalized spacial score (nSPS) is 18.5. The number of nitrogens with one attached hydrogen (secondary N) is 1. The number of carboxylic acids is 1. The highest BCUT2D eigenvalue weighted by molar-refractivity contribution is 7.16. The summed E-state index contributed by atoms with van der Waals surface area (Å²) in [6.45, 7) is 1.70. The molecule has 5 nitrogen and oxygen atoms in total. The Balaban J connectivity index is 1.92. The van der Waals surface area contributed by atoms with E-state index in [0.29, 0.717) is 5.95 Å². The summed E-state index contributed by atoms with van der Waals surface area (Å²) in [5.74, 6) is -0.292. The second-order valence-electron chi connectivity index (χ2n) is 4.78. The maximum Gasteiger partial charge on any atom is 0.329 e. The Kier molecular flexibility index (Phi) is 2.48. The Morgan fingerprint density at radius 2 is 2.39 bits per heavy atom. The lowest BCUT2D eigenvalue weighted by Gasteiger charge is -2.25. The van der Waals surface area contributed by atoms with Gasteiger partial charge in [-0.05, 0) is 37.1 Å². The molecule has 0 radical (unpaired) electrons. The fraction of sp³-hybridized carbons (Fsp3) is 0.417. The highest BCUT2D eigenvalue weighted by Gasteiger charge is 2.48. The summed E-state index contributed by atoms with van der Waals surface area (Å²) >= 11 is 1.52. The van der Waals surface area contributed by atoms with Gasteiger partial charge in [0.2, 0.25) is 5.95 Å². The minimum atomic E-state index is -0.967. The zero-order valence-corrected chi connectivity index (χ0v) is 10.7. The highest BCUT2D eigenvalue weighted by atomic mass is 32.1. The third-order valence-electron chi connectivity index (χ3n) is 3.42. The number of aromatic nitrogens is 2. The molecule has 2 aromatic rings. The van der Waals surface area contributed by atoms with Crippen LogP contribution in [-0.2, 0) is 4.79 Å². The summed E-state index contributed by atoms with van der Waals surface area (Å²) in [6.07, 6.45) is 3.60. The van der Waals surface area contributed by atoms with Crippen LogP contribution in [0.15, 0.2) is 17.6 Å². The van der Waals surface area contributed by atoms with Gasteiger partial charge in [-0.2, -0.15) is 0 Å². The van der Waals surface area contributed by atoms with E-state index in [9.17, 15) is 9.90 Å². The molecule has 94 valence electrons. The average molecular weight is 263 g/mol. The van der Waals surface area contributed by atoms with E-state index in [2.05, 4.69) is 15.3 Å². The Morgan fingerprint density at radius 3 is 3.06 bits per heavy atom. The van der Waals surface area contributed by atoms with Gasteiger partial charge in [0.25, 0.3) is 0 Å². The number of thiophene rings is 1. The topological polar surface area (TPSA) is 75.1 Å². The lowest BCUT2D eigenvalue weighted by Crippen LogP contribution is -2.46. The van der Waals surface area contributed by atoms with Crippen molar-refractivity contribution in [1.29, 1.82) is 0 Å². The Bertz CT molecular complexity index is 608. The van der Waals surface area contributed by atoms with E-state index in [-0.39, 0.29) is 5.92 Å². The van der Waals surface area contributed by atoms with Crippen molar-refractivity contribution in [2.24, 2.45) is 5.92 Å². The van der Waals surface area contributed by atoms with Crippen molar-refractivity contribution in [3.63, 3.8) is 0 Å². The van der Waals surface area contributed by atoms with Crippen molar-refractivity contribution in [3.05, 3.63) is 17.6 Å². The van der Waals surface area contributed by atoms with Crippen LogP contribution in [0.5, 0.6) is 0 Å². The molecular weight excluding hydrogens is 250 g/mol. The summed E-state index contributed by atoms with van der Waals surface area (Å²) in [5.41, 5.74) is -0.967. The number of aliphatic carboxylic acids is 1. The van der Waals surface area contributed by atoms with Gasteiger partial charge < -0.3 is 10.4 Å². The van der Waals surface area contributed by atoms with Gasteiger partial charge in [-0.3, -0.25) is 0 Å². The molecule has 18 heavy (non-hydrogen) atoms. The molecule has 0 aliphatic heterocycles. The molecule has 1 aliphatic carbocycles. The molecule has 2 heterocycles. The number of hydrogen-bond acceptors (Lipinski definition) is 5. The molecule has 3 rings (SSSR count). The Hall–Kier alpha value is -1.69. The summed E-state index contributed by atoms with van der Waals surface area (Å²) in [7, 11) is 0. The molecule has 0 bridgehead atoms. The van der Waals surface area contributed by atoms with Crippen LogP contribution in [0.3, 0.4) is 0 Å². The molecule has 6 heteroatoms. The predicted octanol–water partition coefficient (Wildman–Crippen LogP) is 2.36. The van der Waals surface area contributed by atoms with Crippen molar-refractivity contribution < 1.29 is 9.90 Å². The van der Waals surface area contributed by atoms with E-state index >= 15 is 0 Å². The molecule has 1 fully saturated rings. The first-order valence-corrected chi connectivity index (χ1v) is 6.69. The van der Waals surface area contributed by atoms with Crippen LogP contribution in [0, 0.1) is 5.92 Å². The van der Waals surface area contributed by atoms with Crippen LogP contribution in [0.25, 0.3) is 10.2 Å². The fourth-order valence-corrected chi connectivity index (χ4v) is 2.78. The quantitative estimate of drug-likeness (QED) is 0.885. The lowest BCUT2D eigenvalue weighted by atomic mass is 9.96. The van der Waals surface area contributed by atoms with E-state index in [4.69, 9.17) is 0 Å². The molecule has 1 atom stereocenters. The van der Waals surface area contributed by atoms with Gasteiger partial charge in [0.15, 0.2) is 0 Å². The number of carboxylic acid groups (broad SMARTS) is 1. The second-order valence-corrected chi connectivity index (χ2v) is 5.68. The molecule has 1 aliphatic rings. The Labute approximate surface area is 108 Å². The maximum atomic E-state index is 11.4. The lowest BCUT2D eigenvalue weighted by molar-refractivity contribution is -0.142.